The summed E-state index contributed by atoms with van der Waals surface area (Å²) >= 11 is 0. The van der Waals surface area contributed by atoms with Crippen molar-refractivity contribution in [2.45, 2.75) is 52.4 Å². The Bertz CT molecular complexity index is 395. The number of aromatic nitrogens is 2. The van der Waals surface area contributed by atoms with E-state index < -0.39 is 0 Å². The molecular weight excluding hydrogens is 208 g/mol. The molecule has 0 saturated heterocycles. The molecule has 92 valence electrons. The molecule has 1 aliphatic carbocycles. The van der Waals surface area contributed by atoms with Crippen molar-refractivity contribution in [2.75, 3.05) is 0 Å². The van der Waals surface area contributed by atoms with E-state index in [-0.39, 0.29) is 0 Å². The third-order valence-corrected chi connectivity index (χ3v) is 3.99. The number of aryl methyl sites for hydroxylation is 2. The second kappa shape index (κ2) is 4.59. The van der Waals surface area contributed by atoms with Crippen LogP contribution in [-0.4, -0.2) is 9.97 Å². The maximum atomic E-state index is 4.59. The summed E-state index contributed by atoms with van der Waals surface area (Å²) in [4.78, 5) is 9.19. The SMILES string of the molecule is C=CC1(C)CCC(c2nc(C)cc(C)n2)CC1. The van der Waals surface area contributed by atoms with Gasteiger partial charge < -0.3 is 0 Å². The summed E-state index contributed by atoms with van der Waals surface area (Å²) in [6, 6.07) is 2.04. The van der Waals surface area contributed by atoms with Gasteiger partial charge >= 0.3 is 0 Å². The van der Waals surface area contributed by atoms with E-state index in [1.54, 1.807) is 0 Å². The average Bonchev–Trinajstić information content (AvgIpc) is 2.29. The van der Waals surface area contributed by atoms with Gasteiger partial charge in [0.05, 0.1) is 0 Å². The van der Waals surface area contributed by atoms with Crippen molar-refractivity contribution in [2.24, 2.45) is 5.41 Å². The minimum absolute atomic E-state index is 0.329. The van der Waals surface area contributed by atoms with E-state index >= 15 is 0 Å². The summed E-state index contributed by atoms with van der Waals surface area (Å²) in [6.07, 6.45) is 6.90. The predicted molar refractivity (Wildman–Crippen MR) is 71.0 cm³/mol. The summed E-state index contributed by atoms with van der Waals surface area (Å²) in [5.74, 6) is 1.59. The van der Waals surface area contributed by atoms with Crippen molar-refractivity contribution in [1.82, 2.24) is 9.97 Å². The first-order valence-corrected chi connectivity index (χ1v) is 6.48. The number of nitrogens with zero attached hydrogens (tertiary/aromatic N) is 2. The van der Waals surface area contributed by atoms with Crippen LogP contribution in [0.25, 0.3) is 0 Å². The molecule has 0 atom stereocenters. The van der Waals surface area contributed by atoms with Crippen LogP contribution < -0.4 is 0 Å². The zero-order chi connectivity index (χ0) is 12.5. The Morgan fingerprint density at radius 2 is 1.76 bits per heavy atom. The zero-order valence-electron chi connectivity index (χ0n) is 11.2. The van der Waals surface area contributed by atoms with Crippen LogP contribution >= 0.6 is 0 Å². The number of allylic oxidation sites excluding steroid dienone is 1. The van der Waals surface area contributed by atoms with Crippen molar-refractivity contribution < 1.29 is 0 Å². The molecule has 1 aromatic rings. The van der Waals surface area contributed by atoms with E-state index in [2.05, 4.69) is 43.4 Å². The van der Waals surface area contributed by atoms with Gasteiger partial charge in [-0.05, 0) is 51.0 Å². The van der Waals surface area contributed by atoms with Crippen LogP contribution in [0.3, 0.4) is 0 Å². The first-order chi connectivity index (χ1) is 8.02. The Kier molecular flexibility index (Phi) is 3.32. The molecule has 1 aromatic heterocycles. The summed E-state index contributed by atoms with van der Waals surface area (Å²) < 4.78 is 0. The Morgan fingerprint density at radius 1 is 1.24 bits per heavy atom. The second-order valence-electron chi connectivity index (χ2n) is 5.64. The van der Waals surface area contributed by atoms with Gasteiger partial charge in [-0.1, -0.05) is 13.0 Å². The molecule has 2 heteroatoms. The third-order valence-electron chi connectivity index (χ3n) is 3.99. The molecule has 0 radical (unpaired) electrons. The molecular formula is C15H22N2. The van der Waals surface area contributed by atoms with Crippen LogP contribution in [0.2, 0.25) is 0 Å². The Labute approximate surface area is 104 Å². The minimum Gasteiger partial charge on any atom is -0.238 e. The quantitative estimate of drug-likeness (QED) is 0.719. The van der Waals surface area contributed by atoms with E-state index in [9.17, 15) is 0 Å². The maximum absolute atomic E-state index is 4.59. The number of hydrogen-bond acceptors (Lipinski definition) is 2. The Hall–Kier alpha value is -1.18. The van der Waals surface area contributed by atoms with Crippen LogP contribution in [0, 0.1) is 19.3 Å². The fraction of sp³-hybridized carbons (Fsp3) is 0.600. The topological polar surface area (TPSA) is 25.8 Å². The van der Waals surface area contributed by atoms with Crippen LogP contribution in [0.1, 0.15) is 55.7 Å². The van der Waals surface area contributed by atoms with Crippen LogP contribution in [-0.2, 0) is 0 Å². The van der Waals surface area contributed by atoms with Crippen molar-refractivity contribution in [3.05, 3.63) is 35.9 Å². The van der Waals surface area contributed by atoms with E-state index in [0.717, 1.165) is 17.2 Å². The lowest BCUT2D eigenvalue weighted by Gasteiger charge is -2.34. The van der Waals surface area contributed by atoms with E-state index in [1.165, 1.54) is 25.7 Å². The van der Waals surface area contributed by atoms with Gasteiger partial charge in [-0.25, -0.2) is 9.97 Å². The second-order valence-corrected chi connectivity index (χ2v) is 5.64. The molecule has 1 saturated carbocycles. The molecule has 0 N–H and O–H groups in total. The largest absolute Gasteiger partial charge is 0.238 e. The van der Waals surface area contributed by atoms with Crippen LogP contribution in [0.15, 0.2) is 18.7 Å². The van der Waals surface area contributed by atoms with E-state index in [4.69, 9.17) is 0 Å². The van der Waals surface area contributed by atoms with Gasteiger partial charge in [-0.15, -0.1) is 6.58 Å². The smallest absolute Gasteiger partial charge is 0.131 e. The van der Waals surface area contributed by atoms with E-state index in [1.807, 2.05) is 6.07 Å². The molecule has 0 aliphatic heterocycles. The van der Waals surface area contributed by atoms with Crippen molar-refractivity contribution in [1.29, 1.82) is 0 Å². The van der Waals surface area contributed by atoms with Crippen LogP contribution in [0.4, 0.5) is 0 Å². The molecule has 0 aromatic carbocycles. The number of rotatable bonds is 2. The third kappa shape index (κ3) is 2.74. The molecule has 2 nitrogen and oxygen atoms in total. The number of hydrogen-bond donors (Lipinski definition) is 0. The van der Waals surface area contributed by atoms with Gasteiger partial charge in [0.1, 0.15) is 5.82 Å². The highest BCUT2D eigenvalue weighted by atomic mass is 14.9. The summed E-state index contributed by atoms with van der Waals surface area (Å²) in [6.45, 7) is 10.4. The van der Waals surface area contributed by atoms with Gasteiger partial charge in [0.25, 0.3) is 0 Å². The lowest BCUT2D eigenvalue weighted by molar-refractivity contribution is 0.257. The Balaban J connectivity index is 2.13. The molecule has 0 amide bonds. The molecule has 1 fully saturated rings. The highest BCUT2D eigenvalue weighted by molar-refractivity contribution is 5.12. The summed E-state index contributed by atoms with van der Waals surface area (Å²) in [7, 11) is 0. The predicted octanol–water partition coefficient (Wildman–Crippen LogP) is 3.94. The monoisotopic (exact) mass is 230 g/mol. The van der Waals surface area contributed by atoms with Gasteiger partial charge in [-0.2, -0.15) is 0 Å². The molecule has 0 bridgehead atoms. The standard InChI is InChI=1S/C15H22N2/c1-5-15(4)8-6-13(7-9-15)14-16-11(2)10-12(3)17-14/h5,10,13H,1,6-9H2,2-4H3. The average molecular weight is 230 g/mol. The lowest BCUT2D eigenvalue weighted by Crippen LogP contribution is -2.22. The minimum atomic E-state index is 0.329. The molecule has 1 aliphatic rings. The van der Waals surface area contributed by atoms with Gasteiger partial charge in [0.15, 0.2) is 0 Å². The molecule has 0 spiro atoms. The normalized spacial score (nSPS) is 29.0. The molecule has 2 rings (SSSR count). The summed E-state index contributed by atoms with van der Waals surface area (Å²) in [5, 5.41) is 0. The van der Waals surface area contributed by atoms with Gasteiger partial charge in [0.2, 0.25) is 0 Å². The van der Waals surface area contributed by atoms with Crippen LogP contribution in [0.5, 0.6) is 0 Å². The highest BCUT2D eigenvalue weighted by Gasteiger charge is 2.30. The molecule has 0 unspecified atom stereocenters. The van der Waals surface area contributed by atoms with Gasteiger partial charge in [0, 0.05) is 17.3 Å². The van der Waals surface area contributed by atoms with Gasteiger partial charge in [-0.3, -0.25) is 0 Å². The van der Waals surface area contributed by atoms with Crippen molar-refractivity contribution in [3.63, 3.8) is 0 Å². The molecule has 17 heavy (non-hydrogen) atoms. The summed E-state index contributed by atoms with van der Waals surface area (Å²) in [5.41, 5.74) is 2.50. The van der Waals surface area contributed by atoms with Crippen molar-refractivity contribution in [3.8, 4) is 0 Å². The first kappa shape index (κ1) is 12.3. The first-order valence-electron chi connectivity index (χ1n) is 6.48. The molecule has 1 heterocycles. The fourth-order valence-corrected chi connectivity index (χ4v) is 2.68. The van der Waals surface area contributed by atoms with Crippen molar-refractivity contribution >= 4 is 0 Å². The lowest BCUT2D eigenvalue weighted by atomic mass is 9.71. The van der Waals surface area contributed by atoms with E-state index in [0.29, 0.717) is 11.3 Å². The Morgan fingerprint density at radius 3 is 2.24 bits per heavy atom. The fourth-order valence-electron chi connectivity index (χ4n) is 2.68. The maximum Gasteiger partial charge on any atom is 0.131 e. The highest BCUT2D eigenvalue weighted by Crippen LogP contribution is 2.42. The zero-order valence-corrected chi connectivity index (χ0v) is 11.2.